The number of nitrogens with zero attached hydrogens (tertiary/aromatic N) is 4. The summed E-state index contributed by atoms with van der Waals surface area (Å²) in [6.07, 6.45) is 0.943. The molecule has 2 aliphatic rings. The van der Waals surface area contributed by atoms with Crippen LogP contribution in [-0.2, 0) is 16.6 Å². The number of hydrogen-bond acceptors (Lipinski definition) is 6. The summed E-state index contributed by atoms with van der Waals surface area (Å²) < 4.78 is 6.47. The molecule has 1 aromatic rings. The molecule has 0 unspecified atom stereocenters. The van der Waals surface area contributed by atoms with E-state index in [0.717, 1.165) is 19.5 Å². The molecule has 2 heterocycles. The lowest BCUT2D eigenvalue weighted by atomic mass is 10.2. The topological polar surface area (TPSA) is 84.7 Å². The zero-order valence-electron chi connectivity index (χ0n) is 14.7. The lowest BCUT2D eigenvalue weighted by Crippen LogP contribution is -2.49. The zero-order valence-corrected chi connectivity index (χ0v) is 14.7. The highest BCUT2D eigenvalue weighted by Gasteiger charge is 2.40. The fourth-order valence-corrected chi connectivity index (χ4v) is 2.99. The number of esters is 1. The highest BCUT2D eigenvalue weighted by Crippen LogP contribution is 2.38. The first kappa shape index (κ1) is 17.6. The molecule has 1 amide bonds. The van der Waals surface area contributed by atoms with Gasteiger partial charge in [-0.25, -0.2) is 4.68 Å². The van der Waals surface area contributed by atoms with Crippen molar-refractivity contribution in [1.29, 1.82) is 0 Å². The molecular weight excluding hydrogens is 324 g/mol. The van der Waals surface area contributed by atoms with Crippen LogP contribution >= 0.6 is 0 Å². The Morgan fingerprint density at radius 2 is 1.92 bits per heavy atom. The lowest BCUT2D eigenvalue weighted by Gasteiger charge is -2.34. The normalized spacial score (nSPS) is 23.4. The zero-order chi connectivity index (χ0) is 18.0. The van der Waals surface area contributed by atoms with Crippen LogP contribution in [0.4, 0.5) is 0 Å². The van der Waals surface area contributed by atoms with Crippen LogP contribution < -0.4 is 5.56 Å². The molecule has 1 aliphatic heterocycles. The van der Waals surface area contributed by atoms with Crippen molar-refractivity contribution in [2.24, 2.45) is 18.9 Å². The van der Waals surface area contributed by atoms with Gasteiger partial charge in [0.1, 0.15) is 12.3 Å². The predicted molar refractivity (Wildman–Crippen MR) is 90.1 cm³/mol. The van der Waals surface area contributed by atoms with E-state index in [1.165, 1.54) is 23.9 Å². The van der Waals surface area contributed by atoms with Crippen molar-refractivity contribution in [3.8, 4) is 0 Å². The molecule has 0 spiro atoms. The molecule has 2 atom stereocenters. The highest BCUT2D eigenvalue weighted by atomic mass is 16.5. The van der Waals surface area contributed by atoms with Crippen LogP contribution in [0.3, 0.4) is 0 Å². The van der Waals surface area contributed by atoms with Crippen molar-refractivity contribution in [2.75, 3.05) is 39.3 Å². The number of carbonyl (C=O) groups excluding carboxylic acids is 2. The van der Waals surface area contributed by atoms with Crippen LogP contribution in [0.2, 0.25) is 0 Å². The second kappa shape index (κ2) is 7.35. The largest absolute Gasteiger partial charge is 0.464 e. The Morgan fingerprint density at radius 3 is 2.52 bits per heavy atom. The molecule has 0 aromatic carbocycles. The Morgan fingerprint density at radius 1 is 1.24 bits per heavy atom. The molecule has 8 heteroatoms. The van der Waals surface area contributed by atoms with Gasteiger partial charge >= 0.3 is 5.97 Å². The van der Waals surface area contributed by atoms with Gasteiger partial charge in [-0.2, -0.15) is 5.10 Å². The van der Waals surface area contributed by atoms with Crippen molar-refractivity contribution in [3.63, 3.8) is 0 Å². The second-order valence-corrected chi connectivity index (χ2v) is 6.80. The summed E-state index contributed by atoms with van der Waals surface area (Å²) >= 11 is 0. The smallest absolute Gasteiger partial charge is 0.309 e. The van der Waals surface area contributed by atoms with Crippen LogP contribution in [0.5, 0.6) is 0 Å². The number of hydrogen-bond donors (Lipinski definition) is 0. The Balaban J connectivity index is 1.42. The minimum atomic E-state index is -0.239. The van der Waals surface area contributed by atoms with E-state index < -0.39 is 0 Å². The van der Waals surface area contributed by atoms with Crippen molar-refractivity contribution in [1.82, 2.24) is 19.6 Å². The van der Waals surface area contributed by atoms with Gasteiger partial charge in [-0.1, -0.05) is 6.92 Å². The number of carbonyl (C=O) groups is 2. The van der Waals surface area contributed by atoms with Crippen molar-refractivity contribution in [3.05, 3.63) is 28.2 Å². The average molecular weight is 348 g/mol. The molecule has 136 valence electrons. The first-order valence-corrected chi connectivity index (χ1v) is 8.68. The number of aromatic nitrogens is 2. The third kappa shape index (κ3) is 4.25. The quantitative estimate of drug-likeness (QED) is 0.682. The third-order valence-corrected chi connectivity index (χ3v) is 4.90. The molecule has 0 bridgehead atoms. The van der Waals surface area contributed by atoms with Gasteiger partial charge in [0.05, 0.1) is 5.92 Å². The highest BCUT2D eigenvalue weighted by molar-refractivity contribution is 5.92. The Bertz CT molecular complexity index is 709. The predicted octanol–water partition coefficient (Wildman–Crippen LogP) is -0.263. The minimum Gasteiger partial charge on any atom is -0.464 e. The van der Waals surface area contributed by atoms with Crippen LogP contribution in [0.15, 0.2) is 16.9 Å². The Hall–Kier alpha value is -2.22. The minimum absolute atomic E-state index is 0.0814. The number of piperazine rings is 1. The van der Waals surface area contributed by atoms with Crippen molar-refractivity contribution >= 4 is 11.9 Å². The van der Waals surface area contributed by atoms with E-state index in [2.05, 4.69) is 16.9 Å². The van der Waals surface area contributed by atoms with E-state index in [-0.39, 0.29) is 29.0 Å². The molecule has 1 aliphatic carbocycles. The summed E-state index contributed by atoms with van der Waals surface area (Å²) in [5.74, 6) is 0.323. The number of aryl methyl sites for hydroxylation is 1. The van der Waals surface area contributed by atoms with E-state index >= 15 is 0 Å². The summed E-state index contributed by atoms with van der Waals surface area (Å²) in [5.41, 5.74) is 0.0412. The molecule has 1 saturated carbocycles. The number of rotatable bonds is 5. The first-order chi connectivity index (χ1) is 12.0. The maximum atomic E-state index is 12.4. The Kier molecular flexibility index (Phi) is 5.17. The molecule has 1 saturated heterocycles. The molecular formula is C17H24N4O4. The van der Waals surface area contributed by atoms with Gasteiger partial charge in [0.25, 0.3) is 11.5 Å². The maximum Gasteiger partial charge on any atom is 0.309 e. The fraction of sp³-hybridized carbons (Fsp3) is 0.647. The summed E-state index contributed by atoms with van der Waals surface area (Å²) in [5, 5.41) is 4.01. The van der Waals surface area contributed by atoms with E-state index in [0.29, 0.717) is 32.2 Å². The standard InChI is InChI=1S/C17H24N4O4/c1-12-11-13(12)17(24)25-10-9-20-5-7-21(8-6-20)16(23)14-3-4-15(22)19(2)18-14/h3-4,12-13H,5-11H2,1-2H3/t12-,13+/m0/s1. The Labute approximate surface area is 146 Å². The van der Waals surface area contributed by atoms with Gasteiger partial charge in [0.2, 0.25) is 0 Å². The van der Waals surface area contributed by atoms with Gasteiger partial charge in [-0.3, -0.25) is 19.3 Å². The molecule has 0 N–H and O–H groups in total. The van der Waals surface area contributed by atoms with E-state index in [1.807, 2.05) is 0 Å². The average Bonchev–Trinajstić information content (AvgIpc) is 3.34. The van der Waals surface area contributed by atoms with Crippen LogP contribution in [0.25, 0.3) is 0 Å². The molecule has 0 radical (unpaired) electrons. The van der Waals surface area contributed by atoms with Gasteiger partial charge in [0.15, 0.2) is 0 Å². The van der Waals surface area contributed by atoms with Crippen molar-refractivity contribution in [2.45, 2.75) is 13.3 Å². The second-order valence-electron chi connectivity index (χ2n) is 6.80. The third-order valence-electron chi connectivity index (χ3n) is 4.90. The van der Waals surface area contributed by atoms with E-state index in [4.69, 9.17) is 4.74 Å². The van der Waals surface area contributed by atoms with Crippen LogP contribution in [0, 0.1) is 11.8 Å². The summed E-state index contributed by atoms with van der Waals surface area (Å²) in [7, 11) is 1.53. The van der Waals surface area contributed by atoms with Crippen molar-refractivity contribution < 1.29 is 14.3 Å². The molecule has 3 rings (SSSR count). The molecule has 25 heavy (non-hydrogen) atoms. The fourth-order valence-electron chi connectivity index (χ4n) is 2.99. The molecule has 1 aromatic heterocycles. The summed E-state index contributed by atoms with van der Waals surface area (Å²) in [4.78, 5) is 39.4. The maximum absolute atomic E-state index is 12.4. The summed E-state index contributed by atoms with van der Waals surface area (Å²) in [6.45, 7) is 5.80. The first-order valence-electron chi connectivity index (χ1n) is 8.68. The summed E-state index contributed by atoms with van der Waals surface area (Å²) in [6, 6.07) is 2.82. The van der Waals surface area contributed by atoms with E-state index in [1.54, 1.807) is 4.90 Å². The van der Waals surface area contributed by atoms with Gasteiger partial charge in [-0.05, 0) is 18.4 Å². The van der Waals surface area contributed by atoms with Gasteiger partial charge < -0.3 is 9.64 Å². The van der Waals surface area contributed by atoms with Crippen LogP contribution in [-0.4, -0.2) is 70.8 Å². The SMILES string of the molecule is C[C@H]1C[C@H]1C(=O)OCCN1CCN(C(=O)c2ccc(=O)n(C)n2)CC1. The number of amides is 1. The lowest BCUT2D eigenvalue weighted by molar-refractivity contribution is -0.146. The van der Waals surface area contributed by atoms with Crippen LogP contribution in [0.1, 0.15) is 23.8 Å². The number of ether oxygens (including phenoxy) is 1. The van der Waals surface area contributed by atoms with Gasteiger partial charge in [-0.15, -0.1) is 0 Å². The van der Waals surface area contributed by atoms with E-state index in [9.17, 15) is 14.4 Å². The van der Waals surface area contributed by atoms with Gasteiger partial charge in [0, 0.05) is 45.8 Å². The molecule has 8 nitrogen and oxygen atoms in total. The molecule has 2 fully saturated rings. The monoisotopic (exact) mass is 348 g/mol.